The number of halogens is 1. The van der Waals surface area contributed by atoms with Crippen molar-refractivity contribution in [2.24, 2.45) is 5.92 Å². The van der Waals surface area contributed by atoms with Crippen molar-refractivity contribution in [1.82, 2.24) is 0 Å². The molecule has 1 radical (unpaired) electrons. The summed E-state index contributed by atoms with van der Waals surface area (Å²) >= 11 is 0. The molecule has 1 amide bonds. The Morgan fingerprint density at radius 2 is 1.82 bits per heavy atom. The van der Waals surface area contributed by atoms with Crippen molar-refractivity contribution < 1.29 is 41.9 Å². The SMILES string of the molecule is CCC(C)C(=O)Nc1c(C)cc(F)cc1C.[Y]. The first-order chi connectivity index (χ1) is 7.45. The van der Waals surface area contributed by atoms with Gasteiger partial charge in [0.15, 0.2) is 0 Å². The summed E-state index contributed by atoms with van der Waals surface area (Å²) in [6.07, 6.45) is 0.797. The standard InChI is InChI=1S/C13H18FNO.Y/c1-5-8(2)13(16)15-12-9(3)6-11(14)7-10(12)4;/h6-8H,5H2,1-4H3,(H,15,16);. The maximum absolute atomic E-state index is 13.1. The normalized spacial score (nSPS) is 11.6. The molecule has 0 aliphatic carbocycles. The van der Waals surface area contributed by atoms with Gasteiger partial charge in [0.05, 0.1) is 0 Å². The van der Waals surface area contributed by atoms with Crippen LogP contribution < -0.4 is 5.32 Å². The Morgan fingerprint density at radius 3 is 2.24 bits per heavy atom. The third-order valence-corrected chi connectivity index (χ3v) is 2.81. The monoisotopic (exact) mass is 312 g/mol. The summed E-state index contributed by atoms with van der Waals surface area (Å²) in [5.74, 6) is -0.305. The molecular formula is C13H18FNOY. The fraction of sp³-hybridized carbons (Fsp3) is 0.462. The number of anilines is 1. The van der Waals surface area contributed by atoms with Gasteiger partial charge in [0.2, 0.25) is 5.91 Å². The van der Waals surface area contributed by atoms with Crippen LogP contribution in [-0.2, 0) is 37.5 Å². The number of carbonyl (C=O) groups is 1. The number of nitrogens with one attached hydrogen (secondary N) is 1. The van der Waals surface area contributed by atoms with E-state index in [0.29, 0.717) is 0 Å². The molecule has 1 N–H and O–H groups in total. The topological polar surface area (TPSA) is 29.1 Å². The van der Waals surface area contributed by atoms with E-state index < -0.39 is 0 Å². The number of hydrogen-bond acceptors (Lipinski definition) is 1. The molecule has 2 nitrogen and oxygen atoms in total. The summed E-state index contributed by atoms with van der Waals surface area (Å²) in [4.78, 5) is 11.7. The Balaban J connectivity index is 0.00000256. The van der Waals surface area contributed by atoms with Gasteiger partial charge in [-0.1, -0.05) is 13.8 Å². The van der Waals surface area contributed by atoms with Gasteiger partial charge in [-0.05, 0) is 43.5 Å². The van der Waals surface area contributed by atoms with E-state index >= 15 is 0 Å². The third kappa shape index (κ3) is 4.48. The minimum atomic E-state index is -0.267. The number of amides is 1. The fourth-order valence-corrected chi connectivity index (χ4v) is 1.54. The molecule has 1 rings (SSSR count). The van der Waals surface area contributed by atoms with E-state index in [4.69, 9.17) is 0 Å². The Hall–Kier alpha value is -0.276. The summed E-state index contributed by atoms with van der Waals surface area (Å²) in [6.45, 7) is 7.43. The van der Waals surface area contributed by atoms with Crippen LogP contribution in [0.4, 0.5) is 10.1 Å². The number of benzene rings is 1. The van der Waals surface area contributed by atoms with Crippen molar-refractivity contribution in [2.75, 3.05) is 5.32 Å². The first-order valence-electron chi connectivity index (χ1n) is 5.53. The van der Waals surface area contributed by atoms with Crippen molar-refractivity contribution in [2.45, 2.75) is 34.1 Å². The molecule has 91 valence electrons. The van der Waals surface area contributed by atoms with E-state index in [1.807, 2.05) is 13.8 Å². The quantitative estimate of drug-likeness (QED) is 0.910. The summed E-state index contributed by atoms with van der Waals surface area (Å²) in [5, 5.41) is 2.85. The number of carbonyl (C=O) groups excluding carboxylic acids is 1. The molecule has 1 unspecified atom stereocenters. The first kappa shape index (κ1) is 16.7. The Morgan fingerprint density at radius 1 is 1.35 bits per heavy atom. The van der Waals surface area contributed by atoms with Gasteiger partial charge in [0, 0.05) is 44.3 Å². The molecule has 4 heteroatoms. The molecule has 0 spiro atoms. The molecule has 0 heterocycles. The molecule has 0 fully saturated rings. The van der Waals surface area contributed by atoms with Crippen LogP contribution in [0.15, 0.2) is 12.1 Å². The second kappa shape index (κ2) is 7.22. The zero-order valence-corrected chi connectivity index (χ0v) is 13.6. The average Bonchev–Trinajstić information content (AvgIpc) is 2.21. The van der Waals surface area contributed by atoms with Crippen LogP contribution in [0.3, 0.4) is 0 Å². The molecule has 0 aliphatic rings. The van der Waals surface area contributed by atoms with Crippen molar-refractivity contribution in [1.29, 1.82) is 0 Å². The summed E-state index contributed by atoms with van der Waals surface area (Å²) in [7, 11) is 0. The Bertz CT molecular complexity index is 383. The number of rotatable bonds is 3. The zero-order chi connectivity index (χ0) is 12.3. The maximum Gasteiger partial charge on any atom is 0.227 e. The van der Waals surface area contributed by atoms with Crippen LogP contribution in [-0.4, -0.2) is 5.91 Å². The van der Waals surface area contributed by atoms with E-state index in [1.165, 1.54) is 12.1 Å². The summed E-state index contributed by atoms with van der Waals surface area (Å²) < 4.78 is 13.1. The predicted molar refractivity (Wildman–Crippen MR) is 64.0 cm³/mol. The van der Waals surface area contributed by atoms with Crippen LogP contribution in [0.5, 0.6) is 0 Å². The van der Waals surface area contributed by atoms with Crippen LogP contribution in [0.2, 0.25) is 0 Å². The van der Waals surface area contributed by atoms with Gasteiger partial charge < -0.3 is 5.32 Å². The van der Waals surface area contributed by atoms with Crippen LogP contribution in [0.1, 0.15) is 31.4 Å². The average molecular weight is 312 g/mol. The Kier molecular flexibility index (Phi) is 7.11. The molecule has 0 bridgehead atoms. The molecule has 0 aliphatic heterocycles. The third-order valence-electron chi connectivity index (χ3n) is 2.81. The van der Waals surface area contributed by atoms with E-state index in [9.17, 15) is 9.18 Å². The van der Waals surface area contributed by atoms with Crippen LogP contribution >= 0.6 is 0 Å². The molecule has 0 aromatic heterocycles. The molecular weight excluding hydrogens is 294 g/mol. The van der Waals surface area contributed by atoms with Crippen molar-refractivity contribution in [3.8, 4) is 0 Å². The van der Waals surface area contributed by atoms with E-state index in [2.05, 4.69) is 5.32 Å². The van der Waals surface area contributed by atoms with Crippen molar-refractivity contribution >= 4 is 11.6 Å². The number of aryl methyl sites for hydroxylation is 2. The number of hydrogen-bond donors (Lipinski definition) is 1. The molecule has 0 saturated carbocycles. The largest absolute Gasteiger partial charge is 0.325 e. The summed E-state index contributed by atoms with van der Waals surface area (Å²) in [6, 6.07) is 2.86. The van der Waals surface area contributed by atoms with Gasteiger partial charge in [-0.25, -0.2) is 4.39 Å². The maximum atomic E-state index is 13.1. The second-order valence-corrected chi connectivity index (χ2v) is 4.21. The smallest absolute Gasteiger partial charge is 0.227 e. The van der Waals surface area contributed by atoms with E-state index in [-0.39, 0.29) is 50.4 Å². The van der Waals surface area contributed by atoms with E-state index in [1.54, 1.807) is 13.8 Å². The van der Waals surface area contributed by atoms with E-state index in [0.717, 1.165) is 23.2 Å². The predicted octanol–water partition coefficient (Wildman–Crippen LogP) is 3.42. The van der Waals surface area contributed by atoms with Gasteiger partial charge in [-0.15, -0.1) is 0 Å². The molecule has 1 atom stereocenters. The van der Waals surface area contributed by atoms with Gasteiger partial charge in [-0.2, -0.15) is 0 Å². The molecule has 1 aromatic rings. The minimum Gasteiger partial charge on any atom is -0.325 e. The van der Waals surface area contributed by atoms with Gasteiger partial charge in [-0.3, -0.25) is 4.79 Å². The molecule has 1 aromatic carbocycles. The van der Waals surface area contributed by atoms with Crippen LogP contribution in [0, 0.1) is 25.6 Å². The van der Waals surface area contributed by atoms with Crippen molar-refractivity contribution in [3.05, 3.63) is 29.1 Å². The minimum absolute atomic E-state index is 0. The molecule has 0 saturated heterocycles. The fourth-order valence-electron chi connectivity index (χ4n) is 1.54. The molecule has 17 heavy (non-hydrogen) atoms. The zero-order valence-electron chi connectivity index (χ0n) is 10.8. The first-order valence-corrected chi connectivity index (χ1v) is 5.53. The van der Waals surface area contributed by atoms with Gasteiger partial charge in [0.25, 0.3) is 0 Å². The van der Waals surface area contributed by atoms with Crippen molar-refractivity contribution in [3.63, 3.8) is 0 Å². The van der Waals surface area contributed by atoms with Gasteiger partial charge >= 0.3 is 0 Å². The van der Waals surface area contributed by atoms with Crippen LogP contribution in [0.25, 0.3) is 0 Å². The van der Waals surface area contributed by atoms with Gasteiger partial charge in [0.1, 0.15) is 5.82 Å². The Labute approximate surface area is 127 Å². The summed E-state index contributed by atoms with van der Waals surface area (Å²) in [5.41, 5.74) is 2.25. The second-order valence-electron chi connectivity index (χ2n) is 4.21.